The summed E-state index contributed by atoms with van der Waals surface area (Å²) in [7, 11) is 0. The Morgan fingerprint density at radius 1 is 1.08 bits per heavy atom. The van der Waals surface area contributed by atoms with E-state index in [1.54, 1.807) is 19.1 Å². The Morgan fingerprint density at radius 3 is 2.38 bits per heavy atom. The van der Waals surface area contributed by atoms with Crippen molar-refractivity contribution in [2.75, 3.05) is 0 Å². The predicted octanol–water partition coefficient (Wildman–Crippen LogP) is 5.73. The van der Waals surface area contributed by atoms with Gasteiger partial charge >= 0.3 is 5.97 Å². The fraction of sp³-hybridized carbons (Fsp3) is 0.381. The maximum atomic E-state index is 14.2. The molecule has 1 saturated carbocycles. The number of carboxylic acids is 1. The maximum Gasteiger partial charge on any atom is 0.310 e. The highest BCUT2D eigenvalue weighted by Crippen LogP contribution is 2.34. The molecule has 1 unspecified atom stereocenters. The summed E-state index contributed by atoms with van der Waals surface area (Å²) in [5, 5.41) is 9.15. The molecule has 1 fully saturated rings. The van der Waals surface area contributed by atoms with Gasteiger partial charge in [-0.05, 0) is 54.5 Å². The second-order valence-electron chi connectivity index (χ2n) is 6.76. The first-order chi connectivity index (χ1) is 11.6. The van der Waals surface area contributed by atoms with Crippen LogP contribution in [-0.2, 0) is 4.79 Å². The second-order valence-corrected chi connectivity index (χ2v) is 6.76. The normalized spacial score (nSPS) is 16.8. The molecule has 1 N–H and O–H groups in total. The van der Waals surface area contributed by atoms with Gasteiger partial charge in [-0.15, -0.1) is 0 Å². The summed E-state index contributed by atoms with van der Waals surface area (Å²) in [5.41, 5.74) is 3.21. The molecule has 2 aromatic rings. The van der Waals surface area contributed by atoms with Crippen molar-refractivity contribution < 1.29 is 14.3 Å². The lowest BCUT2D eigenvalue weighted by Gasteiger charge is -2.22. The van der Waals surface area contributed by atoms with E-state index in [1.165, 1.54) is 43.7 Å². The van der Waals surface area contributed by atoms with E-state index in [4.69, 9.17) is 5.11 Å². The molecule has 1 aliphatic rings. The van der Waals surface area contributed by atoms with Gasteiger partial charge in [0.2, 0.25) is 0 Å². The number of hydrogen-bond acceptors (Lipinski definition) is 1. The van der Waals surface area contributed by atoms with Gasteiger partial charge in [-0.3, -0.25) is 4.79 Å². The van der Waals surface area contributed by atoms with Crippen molar-refractivity contribution in [2.24, 2.45) is 0 Å². The van der Waals surface area contributed by atoms with Crippen molar-refractivity contribution >= 4 is 5.97 Å². The summed E-state index contributed by atoms with van der Waals surface area (Å²) in [6, 6.07) is 12.7. The lowest BCUT2D eigenvalue weighted by molar-refractivity contribution is -0.138. The van der Waals surface area contributed by atoms with Gasteiger partial charge in [-0.25, -0.2) is 4.39 Å². The van der Waals surface area contributed by atoms with Gasteiger partial charge in [0, 0.05) is 5.56 Å². The predicted molar refractivity (Wildman–Crippen MR) is 93.7 cm³/mol. The summed E-state index contributed by atoms with van der Waals surface area (Å²) >= 11 is 0. The van der Waals surface area contributed by atoms with Crippen LogP contribution in [0, 0.1) is 5.82 Å². The third kappa shape index (κ3) is 3.50. The van der Waals surface area contributed by atoms with Crippen molar-refractivity contribution in [1.82, 2.24) is 0 Å². The SMILES string of the molecule is CC(C(=O)O)c1ccc(F)c(-c2ccc(C3CCCCC3)cc2)c1. The number of halogens is 1. The van der Waals surface area contributed by atoms with Gasteiger partial charge in [0.25, 0.3) is 0 Å². The Balaban J connectivity index is 1.88. The highest BCUT2D eigenvalue weighted by molar-refractivity contribution is 5.77. The topological polar surface area (TPSA) is 37.3 Å². The molecule has 0 aromatic heterocycles. The highest BCUT2D eigenvalue weighted by atomic mass is 19.1. The largest absolute Gasteiger partial charge is 0.481 e. The number of carbonyl (C=O) groups is 1. The highest BCUT2D eigenvalue weighted by Gasteiger charge is 2.18. The molecule has 0 saturated heterocycles. The summed E-state index contributed by atoms with van der Waals surface area (Å²) in [5.74, 6) is -1.25. The summed E-state index contributed by atoms with van der Waals surface area (Å²) in [4.78, 5) is 11.2. The van der Waals surface area contributed by atoms with Crippen LogP contribution in [0.5, 0.6) is 0 Å². The Bertz CT molecular complexity index is 715. The van der Waals surface area contributed by atoms with Crippen LogP contribution < -0.4 is 0 Å². The summed E-state index contributed by atoms with van der Waals surface area (Å²) in [6.07, 6.45) is 6.37. The van der Waals surface area contributed by atoms with Gasteiger partial charge in [0.1, 0.15) is 5.82 Å². The zero-order chi connectivity index (χ0) is 17.1. The number of hydrogen-bond donors (Lipinski definition) is 1. The van der Waals surface area contributed by atoms with E-state index in [2.05, 4.69) is 12.1 Å². The Morgan fingerprint density at radius 2 is 1.75 bits per heavy atom. The van der Waals surface area contributed by atoms with Crippen LogP contribution >= 0.6 is 0 Å². The number of rotatable bonds is 4. The Hall–Kier alpha value is -2.16. The molecule has 3 rings (SSSR count). The molecule has 0 heterocycles. The number of carboxylic acid groups (broad SMARTS) is 1. The average molecular weight is 326 g/mol. The van der Waals surface area contributed by atoms with Crippen molar-refractivity contribution in [3.05, 3.63) is 59.4 Å². The molecule has 3 heteroatoms. The minimum absolute atomic E-state index is 0.318. The van der Waals surface area contributed by atoms with Crippen LogP contribution in [-0.4, -0.2) is 11.1 Å². The second kappa shape index (κ2) is 7.16. The van der Waals surface area contributed by atoms with Crippen molar-refractivity contribution in [1.29, 1.82) is 0 Å². The molecule has 0 amide bonds. The van der Waals surface area contributed by atoms with E-state index in [9.17, 15) is 9.18 Å². The molecule has 2 nitrogen and oxygen atoms in total. The zero-order valence-corrected chi connectivity index (χ0v) is 14.0. The molecule has 24 heavy (non-hydrogen) atoms. The van der Waals surface area contributed by atoms with Crippen molar-refractivity contribution in [3.63, 3.8) is 0 Å². The fourth-order valence-electron chi connectivity index (χ4n) is 3.55. The Labute approximate surface area is 142 Å². The van der Waals surface area contributed by atoms with Crippen LogP contribution in [0.1, 0.15) is 62.0 Å². The van der Waals surface area contributed by atoms with E-state index in [0.29, 0.717) is 17.0 Å². The van der Waals surface area contributed by atoms with E-state index in [0.717, 1.165) is 5.56 Å². The standard InChI is InChI=1S/C21H23FO2/c1-14(21(23)24)18-11-12-20(22)19(13-18)17-9-7-16(8-10-17)15-5-3-2-4-6-15/h7-15H,2-6H2,1H3,(H,23,24). The minimum atomic E-state index is -0.903. The molecule has 1 aliphatic carbocycles. The Kier molecular flexibility index (Phi) is 4.98. The first kappa shape index (κ1) is 16.7. The van der Waals surface area contributed by atoms with Crippen LogP contribution in [0.3, 0.4) is 0 Å². The molecular formula is C21H23FO2. The van der Waals surface area contributed by atoms with E-state index >= 15 is 0 Å². The molecule has 126 valence electrons. The minimum Gasteiger partial charge on any atom is -0.481 e. The molecule has 2 aromatic carbocycles. The van der Waals surface area contributed by atoms with Crippen LogP contribution in [0.4, 0.5) is 4.39 Å². The summed E-state index contributed by atoms with van der Waals surface area (Å²) < 4.78 is 14.2. The molecule has 0 aliphatic heterocycles. The van der Waals surface area contributed by atoms with Gasteiger partial charge in [0.05, 0.1) is 5.92 Å². The van der Waals surface area contributed by atoms with Crippen LogP contribution in [0.15, 0.2) is 42.5 Å². The molecular weight excluding hydrogens is 303 g/mol. The zero-order valence-electron chi connectivity index (χ0n) is 14.0. The average Bonchev–Trinajstić information content (AvgIpc) is 2.62. The van der Waals surface area contributed by atoms with E-state index in [1.807, 2.05) is 12.1 Å². The first-order valence-corrected chi connectivity index (χ1v) is 8.69. The smallest absolute Gasteiger partial charge is 0.310 e. The molecule has 1 atom stereocenters. The number of benzene rings is 2. The third-order valence-corrected chi connectivity index (χ3v) is 5.16. The van der Waals surface area contributed by atoms with Gasteiger partial charge in [-0.2, -0.15) is 0 Å². The van der Waals surface area contributed by atoms with Gasteiger partial charge in [0.15, 0.2) is 0 Å². The van der Waals surface area contributed by atoms with Crippen LogP contribution in [0.25, 0.3) is 11.1 Å². The van der Waals surface area contributed by atoms with Gasteiger partial charge in [-0.1, -0.05) is 49.6 Å². The third-order valence-electron chi connectivity index (χ3n) is 5.16. The monoisotopic (exact) mass is 326 g/mol. The lowest BCUT2D eigenvalue weighted by Crippen LogP contribution is -2.07. The summed E-state index contributed by atoms with van der Waals surface area (Å²) in [6.45, 7) is 1.62. The molecule has 0 spiro atoms. The fourth-order valence-corrected chi connectivity index (χ4v) is 3.55. The quantitative estimate of drug-likeness (QED) is 0.779. The van der Waals surface area contributed by atoms with E-state index in [-0.39, 0.29) is 5.82 Å². The molecule has 0 bridgehead atoms. The lowest BCUT2D eigenvalue weighted by atomic mass is 9.83. The maximum absolute atomic E-state index is 14.2. The van der Waals surface area contributed by atoms with E-state index < -0.39 is 11.9 Å². The van der Waals surface area contributed by atoms with Gasteiger partial charge < -0.3 is 5.11 Å². The van der Waals surface area contributed by atoms with Crippen LogP contribution in [0.2, 0.25) is 0 Å². The first-order valence-electron chi connectivity index (χ1n) is 8.69. The number of aliphatic carboxylic acids is 1. The molecule has 0 radical (unpaired) electrons. The van der Waals surface area contributed by atoms with Crippen molar-refractivity contribution in [3.8, 4) is 11.1 Å². The van der Waals surface area contributed by atoms with Crippen molar-refractivity contribution in [2.45, 2.75) is 50.9 Å².